The van der Waals surface area contributed by atoms with Crippen LogP contribution in [-0.4, -0.2) is 42.3 Å². The number of carbonyl (C=O) groups excluding carboxylic acids is 1. The monoisotopic (exact) mass is 258 g/mol. The number of rotatable bonds is 6. The molecule has 1 fully saturated rings. The molecule has 0 heterocycles. The number of aliphatic carboxylic acids is 1. The van der Waals surface area contributed by atoms with Crippen molar-refractivity contribution >= 4 is 11.9 Å². The first-order chi connectivity index (χ1) is 8.52. The zero-order valence-electron chi connectivity index (χ0n) is 10.8. The molecule has 0 aromatic rings. The van der Waals surface area contributed by atoms with Crippen molar-refractivity contribution in [1.82, 2.24) is 5.32 Å². The minimum absolute atomic E-state index is 0.384. The normalized spacial score (nSPS) is 20.1. The van der Waals surface area contributed by atoms with Gasteiger partial charge in [0, 0.05) is 13.7 Å². The molecule has 6 nitrogen and oxygen atoms in total. The number of amides is 1. The van der Waals surface area contributed by atoms with Gasteiger partial charge in [-0.1, -0.05) is 19.3 Å². The van der Waals surface area contributed by atoms with E-state index in [4.69, 9.17) is 10.5 Å². The number of ether oxygens (including phenoxy) is 1. The molecule has 1 aliphatic carbocycles. The van der Waals surface area contributed by atoms with E-state index in [1.54, 1.807) is 0 Å². The summed E-state index contributed by atoms with van der Waals surface area (Å²) in [7, 11) is 1.53. The Balaban J connectivity index is 2.60. The van der Waals surface area contributed by atoms with Crippen LogP contribution in [0.5, 0.6) is 0 Å². The number of nitrogens with one attached hydrogen (secondary N) is 1. The van der Waals surface area contributed by atoms with Crippen LogP contribution in [0.4, 0.5) is 0 Å². The molecule has 0 radical (unpaired) electrons. The molecule has 0 saturated heterocycles. The van der Waals surface area contributed by atoms with Gasteiger partial charge in [-0.3, -0.25) is 4.79 Å². The molecule has 0 bridgehead atoms. The first-order valence-electron chi connectivity index (χ1n) is 6.32. The molecule has 6 heteroatoms. The Hall–Kier alpha value is -1.14. The van der Waals surface area contributed by atoms with Gasteiger partial charge in [-0.15, -0.1) is 0 Å². The molecule has 0 spiro atoms. The lowest BCUT2D eigenvalue weighted by Gasteiger charge is -2.34. The average Bonchev–Trinajstić information content (AvgIpc) is 2.36. The number of methoxy groups -OCH3 is 1. The van der Waals surface area contributed by atoms with E-state index in [0.717, 1.165) is 19.3 Å². The smallest absolute Gasteiger partial charge is 0.329 e. The molecular weight excluding hydrogens is 236 g/mol. The number of carboxylic acids is 1. The molecule has 1 rings (SSSR count). The second-order valence-electron chi connectivity index (χ2n) is 4.83. The first-order valence-corrected chi connectivity index (χ1v) is 6.32. The lowest BCUT2D eigenvalue weighted by Crippen LogP contribution is -2.59. The Labute approximate surface area is 107 Å². The van der Waals surface area contributed by atoms with Crippen LogP contribution in [0.3, 0.4) is 0 Å². The van der Waals surface area contributed by atoms with Gasteiger partial charge in [-0.05, 0) is 19.3 Å². The van der Waals surface area contributed by atoms with Gasteiger partial charge in [0.25, 0.3) is 0 Å². The molecule has 104 valence electrons. The fourth-order valence-electron chi connectivity index (χ4n) is 2.25. The molecule has 1 amide bonds. The van der Waals surface area contributed by atoms with Gasteiger partial charge in [-0.25, -0.2) is 4.79 Å². The lowest BCUT2D eigenvalue weighted by atomic mass is 9.81. The maximum absolute atomic E-state index is 11.9. The third-order valence-corrected chi connectivity index (χ3v) is 3.45. The summed E-state index contributed by atoms with van der Waals surface area (Å²) >= 11 is 0. The average molecular weight is 258 g/mol. The molecule has 0 aliphatic heterocycles. The van der Waals surface area contributed by atoms with Crippen molar-refractivity contribution in [2.75, 3.05) is 13.7 Å². The quantitative estimate of drug-likeness (QED) is 0.634. The number of hydrogen-bond donors (Lipinski definition) is 3. The highest BCUT2D eigenvalue weighted by molar-refractivity contribution is 5.89. The number of carbonyl (C=O) groups is 2. The van der Waals surface area contributed by atoms with E-state index >= 15 is 0 Å². The summed E-state index contributed by atoms with van der Waals surface area (Å²) in [5.74, 6) is -1.37. The van der Waals surface area contributed by atoms with Crippen molar-refractivity contribution in [3.05, 3.63) is 0 Å². The molecule has 0 aromatic heterocycles. The fraction of sp³-hybridized carbons (Fsp3) is 0.833. The Morgan fingerprint density at radius 3 is 2.50 bits per heavy atom. The molecule has 18 heavy (non-hydrogen) atoms. The Kier molecular flexibility index (Phi) is 5.55. The van der Waals surface area contributed by atoms with Crippen LogP contribution in [0.1, 0.15) is 38.5 Å². The topological polar surface area (TPSA) is 102 Å². The predicted octanol–water partition coefficient (Wildman–Crippen LogP) is 0.254. The van der Waals surface area contributed by atoms with Gasteiger partial charge in [0.05, 0.1) is 6.04 Å². The highest BCUT2D eigenvalue weighted by Gasteiger charge is 2.41. The highest BCUT2D eigenvalue weighted by Crippen LogP contribution is 2.28. The van der Waals surface area contributed by atoms with Gasteiger partial charge in [0.2, 0.25) is 5.91 Å². The molecule has 1 unspecified atom stereocenters. The van der Waals surface area contributed by atoms with Crippen LogP contribution >= 0.6 is 0 Å². The minimum atomic E-state index is -1.12. The van der Waals surface area contributed by atoms with Crippen molar-refractivity contribution in [3.8, 4) is 0 Å². The van der Waals surface area contributed by atoms with Gasteiger partial charge in [0.1, 0.15) is 5.54 Å². The zero-order chi connectivity index (χ0) is 13.6. The van der Waals surface area contributed by atoms with Crippen LogP contribution in [0, 0.1) is 0 Å². The maximum Gasteiger partial charge on any atom is 0.329 e. The number of hydrogen-bond acceptors (Lipinski definition) is 4. The Morgan fingerprint density at radius 2 is 2.00 bits per heavy atom. The third kappa shape index (κ3) is 3.68. The third-order valence-electron chi connectivity index (χ3n) is 3.45. The standard InChI is InChI=1S/C12H22N2O4/c1-18-8-5-9(13)10(15)14-12(11(16)17)6-3-2-4-7-12/h9H,2-8,13H2,1H3,(H,14,15)(H,16,17). The zero-order valence-corrected chi connectivity index (χ0v) is 10.8. The summed E-state index contributed by atoms with van der Waals surface area (Å²) in [6.45, 7) is 0.384. The van der Waals surface area contributed by atoms with Crippen molar-refractivity contribution in [3.63, 3.8) is 0 Å². The van der Waals surface area contributed by atoms with Gasteiger partial charge in [0.15, 0.2) is 0 Å². The van der Waals surface area contributed by atoms with E-state index in [9.17, 15) is 14.7 Å². The summed E-state index contributed by atoms with van der Waals surface area (Å²) < 4.78 is 4.85. The van der Waals surface area contributed by atoms with Crippen molar-refractivity contribution < 1.29 is 19.4 Å². The van der Waals surface area contributed by atoms with E-state index in [1.165, 1.54) is 7.11 Å². The van der Waals surface area contributed by atoms with Crippen molar-refractivity contribution in [1.29, 1.82) is 0 Å². The Morgan fingerprint density at radius 1 is 1.39 bits per heavy atom. The van der Waals surface area contributed by atoms with Crippen LogP contribution < -0.4 is 11.1 Å². The van der Waals surface area contributed by atoms with Crippen LogP contribution in [0.25, 0.3) is 0 Å². The van der Waals surface area contributed by atoms with E-state index in [0.29, 0.717) is 25.9 Å². The van der Waals surface area contributed by atoms with Crippen molar-refractivity contribution in [2.24, 2.45) is 5.73 Å². The van der Waals surface area contributed by atoms with E-state index in [1.807, 2.05) is 0 Å². The first kappa shape index (κ1) is 14.9. The van der Waals surface area contributed by atoms with Gasteiger partial charge in [-0.2, -0.15) is 0 Å². The second kappa shape index (κ2) is 6.70. The Bertz CT molecular complexity index is 300. The summed E-state index contributed by atoms with van der Waals surface area (Å²) in [6, 6.07) is -0.719. The van der Waals surface area contributed by atoms with Crippen molar-refractivity contribution in [2.45, 2.75) is 50.1 Å². The number of carboxylic acid groups (broad SMARTS) is 1. The van der Waals surface area contributed by atoms with E-state index in [2.05, 4.69) is 5.32 Å². The largest absolute Gasteiger partial charge is 0.480 e. The minimum Gasteiger partial charge on any atom is -0.480 e. The maximum atomic E-state index is 11.9. The van der Waals surface area contributed by atoms with Crippen LogP contribution in [0.15, 0.2) is 0 Å². The molecule has 1 aliphatic rings. The molecule has 4 N–H and O–H groups in total. The van der Waals surface area contributed by atoms with Crippen LogP contribution in [-0.2, 0) is 14.3 Å². The summed E-state index contributed by atoms with van der Waals surface area (Å²) in [6.07, 6.45) is 3.99. The summed E-state index contributed by atoms with van der Waals surface area (Å²) in [5, 5.41) is 11.9. The molecule has 1 saturated carbocycles. The van der Waals surface area contributed by atoms with E-state index < -0.39 is 23.5 Å². The predicted molar refractivity (Wildman–Crippen MR) is 66.1 cm³/mol. The van der Waals surface area contributed by atoms with Gasteiger partial charge < -0.3 is 20.9 Å². The molecular formula is C12H22N2O4. The fourth-order valence-corrected chi connectivity index (χ4v) is 2.25. The van der Waals surface area contributed by atoms with Gasteiger partial charge >= 0.3 is 5.97 Å². The summed E-state index contributed by atoms with van der Waals surface area (Å²) in [5.41, 5.74) is 4.57. The lowest BCUT2D eigenvalue weighted by molar-refractivity contribution is -0.149. The number of nitrogens with two attached hydrogens (primary N) is 1. The van der Waals surface area contributed by atoms with Crippen LogP contribution in [0.2, 0.25) is 0 Å². The summed E-state index contributed by atoms with van der Waals surface area (Å²) in [4.78, 5) is 23.2. The molecule has 0 aromatic carbocycles. The molecule has 1 atom stereocenters. The SMILES string of the molecule is COCCC(N)C(=O)NC1(C(=O)O)CCCCC1. The highest BCUT2D eigenvalue weighted by atomic mass is 16.5. The second-order valence-corrected chi connectivity index (χ2v) is 4.83. The van der Waals surface area contributed by atoms with E-state index in [-0.39, 0.29) is 0 Å².